The van der Waals surface area contributed by atoms with Crippen LogP contribution in [-0.4, -0.2) is 20.4 Å². The van der Waals surface area contributed by atoms with E-state index in [9.17, 15) is 0 Å². The van der Waals surface area contributed by atoms with Crippen LogP contribution >= 0.6 is 0 Å². The molecule has 0 aliphatic carbocycles. The summed E-state index contributed by atoms with van der Waals surface area (Å²) in [6, 6.07) is 1.84. The first kappa shape index (κ1) is 6.23. The summed E-state index contributed by atoms with van der Waals surface area (Å²) in [5.74, 6) is 0. The minimum atomic E-state index is 0.464. The van der Waals surface area contributed by atoms with Gasteiger partial charge in [0, 0.05) is 12.7 Å². The summed E-state index contributed by atoms with van der Waals surface area (Å²) in [6.45, 7) is 0.464. The second-order valence-corrected chi connectivity index (χ2v) is 2.17. The number of rotatable bonds is 1. The minimum Gasteiger partial charge on any atom is -0.326 e. The molecule has 0 spiro atoms. The molecule has 0 aliphatic heterocycles. The lowest BCUT2D eigenvalue weighted by molar-refractivity contribution is 0.951. The number of aromatic amines is 1. The van der Waals surface area contributed by atoms with Gasteiger partial charge in [-0.3, -0.25) is 0 Å². The van der Waals surface area contributed by atoms with Crippen LogP contribution in [0.15, 0.2) is 12.3 Å². The molecule has 0 bridgehead atoms. The number of fused-ring (bicyclic) bond motifs is 1. The van der Waals surface area contributed by atoms with Crippen molar-refractivity contribution >= 4 is 11.2 Å². The van der Waals surface area contributed by atoms with Crippen molar-refractivity contribution in [2.45, 2.75) is 6.54 Å². The molecular weight excluding hydrogens is 142 g/mol. The molecule has 0 radical (unpaired) electrons. The van der Waals surface area contributed by atoms with E-state index in [4.69, 9.17) is 5.73 Å². The van der Waals surface area contributed by atoms with E-state index in [1.165, 1.54) is 0 Å². The van der Waals surface area contributed by atoms with Crippen LogP contribution in [0.4, 0.5) is 0 Å². The Morgan fingerprint density at radius 1 is 1.45 bits per heavy atom. The fraction of sp³-hybridized carbons (Fsp3) is 0.167. The SMILES string of the molecule is NCc1ccnc2n[nH]nc12. The van der Waals surface area contributed by atoms with Crippen LogP contribution in [-0.2, 0) is 6.54 Å². The largest absolute Gasteiger partial charge is 0.326 e. The van der Waals surface area contributed by atoms with Gasteiger partial charge >= 0.3 is 0 Å². The minimum absolute atomic E-state index is 0.464. The lowest BCUT2D eigenvalue weighted by Crippen LogP contribution is -1.97. The monoisotopic (exact) mass is 149 g/mol. The highest BCUT2D eigenvalue weighted by atomic mass is 15.3. The molecule has 11 heavy (non-hydrogen) atoms. The Bertz CT molecular complexity index is 366. The van der Waals surface area contributed by atoms with Crippen molar-refractivity contribution in [1.29, 1.82) is 0 Å². The summed E-state index contributed by atoms with van der Waals surface area (Å²) in [5, 5.41) is 10.2. The standard InChI is InChI=1S/C6H7N5/c7-3-4-1-2-8-6-5(4)9-11-10-6/h1-2H,3,7H2,(H,8,9,10,11). The van der Waals surface area contributed by atoms with E-state index in [1.54, 1.807) is 6.20 Å². The average molecular weight is 149 g/mol. The molecule has 5 heteroatoms. The van der Waals surface area contributed by atoms with E-state index in [1.807, 2.05) is 6.07 Å². The van der Waals surface area contributed by atoms with Gasteiger partial charge in [0.05, 0.1) is 0 Å². The molecule has 0 amide bonds. The van der Waals surface area contributed by atoms with Crippen LogP contribution in [0, 0.1) is 0 Å². The zero-order chi connectivity index (χ0) is 7.68. The van der Waals surface area contributed by atoms with Gasteiger partial charge in [0.25, 0.3) is 0 Å². The lowest BCUT2D eigenvalue weighted by Gasteiger charge is -1.92. The molecule has 3 N–H and O–H groups in total. The summed E-state index contributed by atoms with van der Waals surface area (Å²) in [6.07, 6.45) is 1.67. The van der Waals surface area contributed by atoms with Gasteiger partial charge < -0.3 is 5.73 Å². The Balaban J connectivity index is 2.79. The number of hydrogen-bond donors (Lipinski definition) is 2. The van der Waals surface area contributed by atoms with Crippen molar-refractivity contribution < 1.29 is 0 Å². The lowest BCUT2D eigenvalue weighted by atomic mass is 10.2. The smallest absolute Gasteiger partial charge is 0.201 e. The van der Waals surface area contributed by atoms with Gasteiger partial charge in [-0.15, -0.1) is 5.10 Å². The maximum absolute atomic E-state index is 5.47. The van der Waals surface area contributed by atoms with Gasteiger partial charge in [-0.1, -0.05) is 0 Å². The third kappa shape index (κ3) is 0.857. The second-order valence-electron chi connectivity index (χ2n) is 2.17. The number of nitrogens with two attached hydrogens (primary N) is 1. The van der Waals surface area contributed by atoms with Crippen LogP contribution in [0.5, 0.6) is 0 Å². The highest BCUT2D eigenvalue weighted by molar-refractivity contribution is 5.72. The Morgan fingerprint density at radius 2 is 2.36 bits per heavy atom. The first-order valence-electron chi connectivity index (χ1n) is 3.26. The van der Waals surface area contributed by atoms with Crippen molar-refractivity contribution in [3.63, 3.8) is 0 Å². The van der Waals surface area contributed by atoms with E-state index in [0.717, 1.165) is 11.1 Å². The van der Waals surface area contributed by atoms with E-state index in [2.05, 4.69) is 20.4 Å². The van der Waals surface area contributed by atoms with Gasteiger partial charge in [-0.2, -0.15) is 10.3 Å². The Morgan fingerprint density at radius 3 is 3.18 bits per heavy atom. The van der Waals surface area contributed by atoms with Gasteiger partial charge in [-0.05, 0) is 11.6 Å². The van der Waals surface area contributed by atoms with Gasteiger partial charge in [-0.25, -0.2) is 4.98 Å². The maximum atomic E-state index is 5.47. The molecule has 0 atom stereocenters. The maximum Gasteiger partial charge on any atom is 0.201 e. The third-order valence-corrected chi connectivity index (χ3v) is 1.53. The fourth-order valence-corrected chi connectivity index (χ4v) is 0.972. The molecule has 5 nitrogen and oxygen atoms in total. The molecule has 0 saturated heterocycles. The number of H-pyrrole nitrogens is 1. The third-order valence-electron chi connectivity index (χ3n) is 1.53. The van der Waals surface area contributed by atoms with Crippen molar-refractivity contribution in [3.8, 4) is 0 Å². The number of aromatic nitrogens is 4. The van der Waals surface area contributed by atoms with Crippen molar-refractivity contribution in [3.05, 3.63) is 17.8 Å². The predicted octanol–water partition coefficient (Wildman–Crippen LogP) is -0.188. The number of pyridine rings is 1. The normalized spacial score (nSPS) is 10.6. The molecule has 2 aromatic heterocycles. The molecule has 2 rings (SSSR count). The molecule has 0 fully saturated rings. The summed E-state index contributed by atoms with van der Waals surface area (Å²) in [4.78, 5) is 3.99. The van der Waals surface area contributed by atoms with Gasteiger partial charge in [0.15, 0.2) is 0 Å². The highest BCUT2D eigenvalue weighted by Gasteiger charge is 2.02. The first-order chi connectivity index (χ1) is 5.42. The number of nitrogens with one attached hydrogen (secondary N) is 1. The average Bonchev–Trinajstić information content (AvgIpc) is 2.50. The molecule has 0 unspecified atom stereocenters. The Labute approximate surface area is 62.6 Å². The van der Waals surface area contributed by atoms with Crippen molar-refractivity contribution in [2.75, 3.05) is 0 Å². The van der Waals surface area contributed by atoms with Gasteiger partial charge in [0.2, 0.25) is 5.65 Å². The fourth-order valence-electron chi connectivity index (χ4n) is 0.972. The Kier molecular flexibility index (Phi) is 1.29. The van der Waals surface area contributed by atoms with Gasteiger partial charge in [0.1, 0.15) is 5.52 Å². The van der Waals surface area contributed by atoms with E-state index in [0.29, 0.717) is 12.2 Å². The van der Waals surface area contributed by atoms with Crippen LogP contribution in [0.25, 0.3) is 11.2 Å². The second kappa shape index (κ2) is 2.28. The summed E-state index contributed by atoms with van der Waals surface area (Å²) >= 11 is 0. The van der Waals surface area contributed by atoms with E-state index < -0.39 is 0 Å². The van der Waals surface area contributed by atoms with Crippen LogP contribution in [0.3, 0.4) is 0 Å². The summed E-state index contributed by atoms with van der Waals surface area (Å²) in [7, 11) is 0. The number of hydrogen-bond acceptors (Lipinski definition) is 4. The highest BCUT2D eigenvalue weighted by Crippen LogP contribution is 2.08. The topological polar surface area (TPSA) is 80.5 Å². The van der Waals surface area contributed by atoms with Crippen molar-refractivity contribution in [1.82, 2.24) is 20.4 Å². The zero-order valence-corrected chi connectivity index (χ0v) is 5.78. The van der Waals surface area contributed by atoms with Crippen LogP contribution in [0.2, 0.25) is 0 Å². The zero-order valence-electron chi connectivity index (χ0n) is 5.78. The summed E-state index contributed by atoms with van der Waals surface area (Å²) < 4.78 is 0. The summed E-state index contributed by atoms with van der Waals surface area (Å²) in [5.41, 5.74) is 7.81. The Hall–Kier alpha value is -1.49. The van der Waals surface area contributed by atoms with Crippen LogP contribution < -0.4 is 5.73 Å². The molecule has 0 aliphatic rings. The predicted molar refractivity (Wildman–Crippen MR) is 39.6 cm³/mol. The molecule has 2 aromatic rings. The van der Waals surface area contributed by atoms with Crippen LogP contribution in [0.1, 0.15) is 5.56 Å². The first-order valence-corrected chi connectivity index (χ1v) is 3.26. The van der Waals surface area contributed by atoms with E-state index >= 15 is 0 Å². The molecule has 0 saturated carbocycles. The molecule has 56 valence electrons. The quantitative estimate of drug-likeness (QED) is 0.589. The van der Waals surface area contributed by atoms with E-state index in [-0.39, 0.29) is 0 Å². The number of nitrogens with zero attached hydrogens (tertiary/aromatic N) is 3. The molecular formula is C6H7N5. The molecule has 0 aromatic carbocycles. The van der Waals surface area contributed by atoms with Crippen molar-refractivity contribution in [2.24, 2.45) is 5.73 Å². The molecule has 2 heterocycles.